The summed E-state index contributed by atoms with van der Waals surface area (Å²) in [5, 5.41) is 4.10. The smallest absolute Gasteiger partial charge is 0.161 e. The largest absolute Gasteiger partial charge is 0.486 e. The van der Waals surface area contributed by atoms with Crippen LogP contribution in [-0.2, 0) is 0 Å². The van der Waals surface area contributed by atoms with Crippen LogP contribution < -0.4 is 14.8 Å². The molecule has 4 heteroatoms. The van der Waals surface area contributed by atoms with Gasteiger partial charge in [-0.05, 0) is 55.8 Å². The van der Waals surface area contributed by atoms with E-state index in [4.69, 9.17) is 9.47 Å². The zero-order valence-electron chi connectivity index (χ0n) is 18.5. The molecule has 4 nitrogen and oxygen atoms in total. The molecule has 2 fully saturated rings. The molecule has 4 atom stereocenters. The average Bonchev–Trinajstić information content (AvgIpc) is 3.10. The minimum atomic E-state index is 0.466. The standard InChI is InChI=1S/C25H40N2O2/c1-3-4-5-6-7-9-21-17-22-10-8-13-27(22)18-23(26-21)19(2)20-11-12-24-25(16-20)29-15-14-28-24/h11-12,16,19,21-23,26H,3-10,13-15,17-18H2,1-2H3/t19-,21?,22?,23-/m1/s1. The highest BCUT2D eigenvalue weighted by Crippen LogP contribution is 2.35. The molecule has 0 amide bonds. The van der Waals surface area contributed by atoms with Crippen LogP contribution in [0.1, 0.15) is 83.1 Å². The molecular weight excluding hydrogens is 360 g/mol. The fourth-order valence-corrected chi connectivity index (χ4v) is 5.48. The van der Waals surface area contributed by atoms with Crippen LogP contribution in [0.15, 0.2) is 18.2 Å². The fourth-order valence-electron chi connectivity index (χ4n) is 5.48. The maximum atomic E-state index is 5.85. The molecule has 3 heterocycles. The number of fused-ring (bicyclic) bond motifs is 2. The molecule has 29 heavy (non-hydrogen) atoms. The highest BCUT2D eigenvalue weighted by molar-refractivity contribution is 5.45. The lowest BCUT2D eigenvalue weighted by Gasteiger charge is -2.30. The van der Waals surface area contributed by atoms with Crippen molar-refractivity contribution >= 4 is 0 Å². The number of hydrogen-bond acceptors (Lipinski definition) is 4. The van der Waals surface area contributed by atoms with Gasteiger partial charge in [-0.2, -0.15) is 0 Å². The first-order chi connectivity index (χ1) is 14.2. The molecule has 0 saturated carbocycles. The minimum Gasteiger partial charge on any atom is -0.486 e. The normalized spacial score (nSPS) is 28.0. The quantitative estimate of drug-likeness (QED) is 0.614. The third-order valence-corrected chi connectivity index (χ3v) is 7.29. The van der Waals surface area contributed by atoms with Crippen LogP contribution in [0.5, 0.6) is 11.5 Å². The molecule has 0 spiro atoms. The van der Waals surface area contributed by atoms with E-state index in [2.05, 4.69) is 42.3 Å². The molecule has 2 unspecified atom stereocenters. The Labute approximate surface area is 177 Å². The Kier molecular flexibility index (Phi) is 7.36. The number of unbranched alkanes of at least 4 members (excludes halogenated alkanes) is 4. The highest BCUT2D eigenvalue weighted by atomic mass is 16.6. The fraction of sp³-hybridized carbons (Fsp3) is 0.760. The van der Waals surface area contributed by atoms with Gasteiger partial charge in [0.2, 0.25) is 0 Å². The van der Waals surface area contributed by atoms with Crippen LogP contribution in [0.4, 0.5) is 0 Å². The molecule has 162 valence electrons. The van der Waals surface area contributed by atoms with Gasteiger partial charge in [0.15, 0.2) is 11.5 Å². The third-order valence-electron chi connectivity index (χ3n) is 7.29. The summed E-state index contributed by atoms with van der Waals surface area (Å²) in [6.07, 6.45) is 12.3. The van der Waals surface area contributed by atoms with Crippen molar-refractivity contribution in [3.63, 3.8) is 0 Å². The summed E-state index contributed by atoms with van der Waals surface area (Å²) in [6, 6.07) is 8.51. The summed E-state index contributed by atoms with van der Waals surface area (Å²) in [5.74, 6) is 2.28. The van der Waals surface area contributed by atoms with Crippen molar-refractivity contribution in [1.82, 2.24) is 10.2 Å². The van der Waals surface area contributed by atoms with Crippen LogP contribution in [0, 0.1) is 0 Å². The number of nitrogens with zero attached hydrogens (tertiary/aromatic N) is 1. The predicted octanol–water partition coefficient (Wildman–Crippen LogP) is 5.12. The second kappa shape index (κ2) is 10.2. The van der Waals surface area contributed by atoms with E-state index < -0.39 is 0 Å². The summed E-state index contributed by atoms with van der Waals surface area (Å²) in [7, 11) is 0. The zero-order chi connectivity index (χ0) is 20.1. The first-order valence-electron chi connectivity index (χ1n) is 12.1. The van der Waals surface area contributed by atoms with Crippen molar-refractivity contribution in [2.75, 3.05) is 26.3 Å². The Morgan fingerprint density at radius 3 is 2.79 bits per heavy atom. The molecule has 2 saturated heterocycles. The number of nitrogens with one attached hydrogen (secondary N) is 1. The number of benzene rings is 1. The van der Waals surface area contributed by atoms with Gasteiger partial charge >= 0.3 is 0 Å². The van der Waals surface area contributed by atoms with Gasteiger partial charge < -0.3 is 14.8 Å². The second-order valence-electron chi connectivity index (χ2n) is 9.39. The van der Waals surface area contributed by atoms with E-state index in [0.717, 1.165) is 17.5 Å². The number of rotatable bonds is 8. The molecule has 0 aromatic heterocycles. The van der Waals surface area contributed by atoms with Crippen LogP contribution in [-0.4, -0.2) is 49.3 Å². The first kappa shape index (κ1) is 21.0. The van der Waals surface area contributed by atoms with E-state index in [0.29, 0.717) is 31.2 Å². The topological polar surface area (TPSA) is 33.7 Å². The Morgan fingerprint density at radius 1 is 1.10 bits per heavy atom. The minimum absolute atomic E-state index is 0.466. The SMILES string of the molecule is CCCCCCCC1CC2CCCN2C[C@H]([C@H](C)c2ccc3c(c2)OCCO3)N1. The maximum absolute atomic E-state index is 5.85. The van der Waals surface area contributed by atoms with Crippen LogP contribution in [0.3, 0.4) is 0 Å². The molecule has 0 bridgehead atoms. The van der Waals surface area contributed by atoms with Gasteiger partial charge in [0.1, 0.15) is 13.2 Å². The van der Waals surface area contributed by atoms with Gasteiger partial charge in [-0.1, -0.05) is 52.0 Å². The average molecular weight is 401 g/mol. The summed E-state index contributed by atoms with van der Waals surface area (Å²) in [4.78, 5) is 2.77. The first-order valence-corrected chi connectivity index (χ1v) is 12.1. The van der Waals surface area contributed by atoms with Crippen molar-refractivity contribution < 1.29 is 9.47 Å². The molecule has 0 radical (unpaired) electrons. The Morgan fingerprint density at radius 2 is 1.93 bits per heavy atom. The molecule has 4 rings (SSSR count). The van der Waals surface area contributed by atoms with Gasteiger partial charge in [-0.25, -0.2) is 0 Å². The van der Waals surface area contributed by atoms with Gasteiger partial charge in [-0.15, -0.1) is 0 Å². The summed E-state index contributed by atoms with van der Waals surface area (Å²) in [6.45, 7) is 8.44. The number of hydrogen-bond donors (Lipinski definition) is 1. The van der Waals surface area contributed by atoms with E-state index in [-0.39, 0.29) is 0 Å². The van der Waals surface area contributed by atoms with E-state index in [1.165, 1.54) is 76.4 Å². The van der Waals surface area contributed by atoms with Gasteiger partial charge in [0.05, 0.1) is 0 Å². The van der Waals surface area contributed by atoms with E-state index in [1.807, 2.05) is 0 Å². The van der Waals surface area contributed by atoms with Crippen LogP contribution >= 0.6 is 0 Å². The third kappa shape index (κ3) is 5.27. The Bertz CT molecular complexity index is 650. The van der Waals surface area contributed by atoms with Gasteiger partial charge in [0.25, 0.3) is 0 Å². The van der Waals surface area contributed by atoms with E-state index >= 15 is 0 Å². The monoisotopic (exact) mass is 400 g/mol. The Hall–Kier alpha value is -1.26. The lowest BCUT2D eigenvalue weighted by molar-refractivity contribution is 0.171. The van der Waals surface area contributed by atoms with E-state index in [9.17, 15) is 0 Å². The lowest BCUT2D eigenvalue weighted by Crippen LogP contribution is -2.44. The van der Waals surface area contributed by atoms with Crippen molar-refractivity contribution in [1.29, 1.82) is 0 Å². The highest BCUT2D eigenvalue weighted by Gasteiger charge is 2.35. The number of ether oxygens (including phenoxy) is 2. The summed E-state index contributed by atoms with van der Waals surface area (Å²) < 4.78 is 11.6. The van der Waals surface area contributed by atoms with Gasteiger partial charge in [-0.3, -0.25) is 4.90 Å². The molecule has 1 aromatic carbocycles. The second-order valence-corrected chi connectivity index (χ2v) is 9.39. The van der Waals surface area contributed by atoms with Crippen molar-refractivity contribution in [2.45, 2.75) is 95.7 Å². The molecular formula is C25H40N2O2. The van der Waals surface area contributed by atoms with Crippen molar-refractivity contribution in [2.24, 2.45) is 0 Å². The molecule has 1 N–H and O–H groups in total. The molecule has 0 aliphatic carbocycles. The lowest BCUT2D eigenvalue weighted by atomic mass is 9.91. The van der Waals surface area contributed by atoms with Crippen LogP contribution in [0.25, 0.3) is 0 Å². The molecule has 1 aromatic rings. The summed E-state index contributed by atoms with van der Waals surface area (Å²) >= 11 is 0. The zero-order valence-corrected chi connectivity index (χ0v) is 18.5. The maximum Gasteiger partial charge on any atom is 0.161 e. The predicted molar refractivity (Wildman–Crippen MR) is 119 cm³/mol. The Balaban J connectivity index is 1.42. The van der Waals surface area contributed by atoms with E-state index in [1.54, 1.807) is 0 Å². The van der Waals surface area contributed by atoms with Crippen LogP contribution in [0.2, 0.25) is 0 Å². The molecule has 3 aliphatic heterocycles. The van der Waals surface area contributed by atoms with Gasteiger partial charge in [0, 0.05) is 24.7 Å². The van der Waals surface area contributed by atoms with Crippen molar-refractivity contribution in [3.8, 4) is 11.5 Å². The van der Waals surface area contributed by atoms with Crippen molar-refractivity contribution in [3.05, 3.63) is 23.8 Å². The summed E-state index contributed by atoms with van der Waals surface area (Å²) in [5.41, 5.74) is 1.37. The molecule has 3 aliphatic rings.